The molecule has 0 fully saturated rings. The highest BCUT2D eigenvalue weighted by Crippen LogP contribution is 2.44. The van der Waals surface area contributed by atoms with Crippen molar-refractivity contribution in [2.45, 2.75) is 86.2 Å². The van der Waals surface area contributed by atoms with Crippen molar-refractivity contribution in [3.8, 4) is 0 Å². The Labute approximate surface area is 470 Å². The van der Waals surface area contributed by atoms with Crippen LogP contribution in [-0.2, 0) is 35.8 Å². The molecule has 6 aromatic rings. The molecule has 8 rings (SSSR count). The van der Waals surface area contributed by atoms with Crippen molar-refractivity contribution in [3.05, 3.63) is 196 Å². The molecule has 1 aliphatic carbocycles. The lowest BCUT2D eigenvalue weighted by molar-refractivity contribution is -0.462. The Morgan fingerprint density at radius 3 is 1.77 bits per heavy atom. The zero-order valence-corrected chi connectivity index (χ0v) is 47.9. The first-order valence-corrected chi connectivity index (χ1v) is 30.2. The molecule has 0 atom stereocenters. The summed E-state index contributed by atoms with van der Waals surface area (Å²) in [5, 5.41) is 52.5. The average molecular weight is 1080 g/mol. The van der Waals surface area contributed by atoms with Crippen molar-refractivity contribution in [2.24, 2.45) is 0 Å². The number of benzene rings is 6. The van der Waals surface area contributed by atoms with Gasteiger partial charge in [-0.2, -0.15) is 0 Å². The second kappa shape index (κ2) is 26.0. The third-order valence-corrected chi connectivity index (χ3v) is 19.1. The number of nitrogens with zero attached hydrogens (tertiary/aromatic N) is 4. The fourth-order valence-corrected chi connectivity index (χ4v) is 14.3. The number of amides is 1. The van der Waals surface area contributed by atoms with E-state index < -0.39 is 22.3 Å². The van der Waals surface area contributed by atoms with Crippen molar-refractivity contribution >= 4 is 88.6 Å². The molecule has 0 bridgehead atoms. The maximum atomic E-state index is 12.8. The first-order valence-electron chi connectivity index (χ1n) is 27.2. The van der Waals surface area contributed by atoms with E-state index in [0.29, 0.717) is 87.1 Å². The van der Waals surface area contributed by atoms with Crippen LogP contribution in [0.15, 0.2) is 162 Å². The molecule has 6 aromatic carbocycles. The van der Waals surface area contributed by atoms with Gasteiger partial charge in [0.2, 0.25) is 5.91 Å². The van der Waals surface area contributed by atoms with Crippen LogP contribution in [0.3, 0.4) is 0 Å². The summed E-state index contributed by atoms with van der Waals surface area (Å²) < 4.78 is 2.18. The Morgan fingerprint density at radius 1 is 0.658 bits per heavy atom. The first kappa shape index (κ1) is 59.9. The highest BCUT2D eigenvalue weighted by molar-refractivity contribution is 6.98. The minimum absolute atomic E-state index is 0. The molecule has 1 amide bonds. The van der Waals surface area contributed by atoms with Crippen LogP contribution in [0.25, 0.3) is 27.1 Å². The van der Waals surface area contributed by atoms with E-state index >= 15 is 0 Å². The fourth-order valence-electron chi connectivity index (χ4n) is 11.3. The van der Waals surface area contributed by atoms with Crippen LogP contribution in [0.5, 0.6) is 0 Å². The SMILES string of the molecule is C.C=C(C)C(=O)CCCCN(Cc1ccccc1B(O)O)Cc1c2ccccc2c(CN(CCCNC(=O)C(=C)C)Cc2ccccc2B(O)O)c2ccc(C3=C4C=CC(=[N+](C)C)C=C4[Si](C)(C)c4cc(N(C)C)ccc43)cc12. The number of fused-ring (bicyclic) bond motifs is 4. The summed E-state index contributed by atoms with van der Waals surface area (Å²) in [6, 6.07) is 37.4. The summed E-state index contributed by atoms with van der Waals surface area (Å²) in [5.74, 6) is -0.130. The van der Waals surface area contributed by atoms with E-state index in [9.17, 15) is 29.7 Å². The Kier molecular flexibility index (Phi) is 19.7. The lowest BCUT2D eigenvalue weighted by atomic mass is 9.77. The minimum atomic E-state index is -2.27. The van der Waals surface area contributed by atoms with Gasteiger partial charge in [0.1, 0.15) is 22.2 Å². The molecule has 2 aliphatic rings. The van der Waals surface area contributed by atoms with Gasteiger partial charge in [-0.1, -0.05) is 125 Å². The van der Waals surface area contributed by atoms with Gasteiger partial charge in [-0.25, -0.2) is 4.58 Å². The molecule has 0 spiro atoms. The summed E-state index contributed by atoms with van der Waals surface area (Å²) in [5.41, 5.74) is 12.9. The summed E-state index contributed by atoms with van der Waals surface area (Å²) in [6.45, 7) is 19.7. The van der Waals surface area contributed by atoms with Crippen LogP contribution in [0.2, 0.25) is 13.1 Å². The standard InChI is InChI=1S/C64H75B2N5O6Si.CH4/c1-43(2)60(72)26-17-18-34-70(39-46-20-11-15-24-58(46)65(74)75)42-57-51-23-14-13-22-50(51)56(41-71(35-19-33-67-64(73)44(3)4)40-47-21-12-16-25-59(47)66(76)77)52-30-27-45(36-55(52)57)63-53-31-28-48(68(5)6)37-61(53)78(9,10)62-38-49(69(7)8)29-32-54(62)63;/h11-16,20-25,27-32,36-38,74-77H,1,3,17-19,26,33-35,39-42H2,2,4-10H3;1H4/p+1. The topological polar surface area (TPSA) is 140 Å². The maximum absolute atomic E-state index is 12.8. The molecular formula is C65H80B2N5O6Si+. The van der Waals surface area contributed by atoms with Crippen molar-refractivity contribution < 1.29 is 34.3 Å². The second-order valence-corrected chi connectivity index (χ2v) is 26.5. The van der Waals surface area contributed by atoms with Gasteiger partial charge in [0, 0.05) is 83.2 Å². The second-order valence-electron chi connectivity index (χ2n) is 22.1. The zero-order valence-electron chi connectivity index (χ0n) is 46.9. The number of nitrogens with one attached hydrogen (secondary N) is 1. The van der Waals surface area contributed by atoms with Crippen molar-refractivity contribution in [2.75, 3.05) is 52.7 Å². The largest absolute Gasteiger partial charge is 0.488 e. The number of hydrogen-bond donors (Lipinski definition) is 5. The highest BCUT2D eigenvalue weighted by atomic mass is 28.3. The molecule has 14 heteroatoms. The van der Waals surface area contributed by atoms with E-state index in [4.69, 9.17) is 0 Å². The Hall–Kier alpha value is -6.74. The predicted octanol–water partition coefficient (Wildman–Crippen LogP) is 7.94. The minimum Gasteiger partial charge on any atom is -0.423 e. The Balaban J connectivity index is 0.00000903. The van der Waals surface area contributed by atoms with Crippen molar-refractivity contribution in [3.63, 3.8) is 0 Å². The molecule has 11 nitrogen and oxygen atoms in total. The third-order valence-electron chi connectivity index (χ3n) is 15.6. The lowest BCUT2D eigenvalue weighted by Crippen LogP contribution is -2.49. The molecule has 0 unspecified atom stereocenters. The molecule has 1 heterocycles. The normalized spacial score (nSPS) is 13.5. The number of anilines is 1. The van der Waals surface area contributed by atoms with Crippen LogP contribution in [0.4, 0.5) is 5.69 Å². The van der Waals surface area contributed by atoms with Gasteiger partial charge in [0.15, 0.2) is 11.5 Å². The average Bonchev–Trinajstić information content (AvgIpc) is 3.59. The number of allylic oxidation sites excluding steroid dienone is 6. The molecule has 5 N–H and O–H groups in total. The van der Waals surface area contributed by atoms with Crippen molar-refractivity contribution in [1.82, 2.24) is 15.1 Å². The monoisotopic (exact) mass is 1080 g/mol. The van der Waals surface area contributed by atoms with Crippen LogP contribution in [0, 0.1) is 0 Å². The van der Waals surface area contributed by atoms with Crippen molar-refractivity contribution in [1.29, 1.82) is 0 Å². The maximum Gasteiger partial charge on any atom is 0.488 e. The number of carbonyl (C=O) groups is 2. The summed E-state index contributed by atoms with van der Waals surface area (Å²) >= 11 is 0. The highest BCUT2D eigenvalue weighted by Gasteiger charge is 2.40. The van der Waals surface area contributed by atoms with Gasteiger partial charge in [0.05, 0.1) is 0 Å². The quantitative estimate of drug-likeness (QED) is 0.0142. The smallest absolute Gasteiger partial charge is 0.423 e. The first-order chi connectivity index (χ1) is 37.2. The molecule has 79 heavy (non-hydrogen) atoms. The molecule has 1 aliphatic heterocycles. The summed E-state index contributed by atoms with van der Waals surface area (Å²) in [7, 11) is 2.83. The van der Waals surface area contributed by atoms with E-state index in [1.807, 2.05) is 36.4 Å². The summed E-state index contributed by atoms with van der Waals surface area (Å²) in [6.07, 6.45) is 9.42. The van der Waals surface area contributed by atoms with Gasteiger partial charge in [-0.3, -0.25) is 19.4 Å². The van der Waals surface area contributed by atoms with Gasteiger partial charge < -0.3 is 30.3 Å². The van der Waals surface area contributed by atoms with Crippen LogP contribution in [-0.4, -0.2) is 122 Å². The van der Waals surface area contributed by atoms with E-state index in [0.717, 1.165) is 67.2 Å². The van der Waals surface area contributed by atoms with E-state index in [1.165, 1.54) is 27.1 Å². The van der Waals surface area contributed by atoms with E-state index in [2.05, 4.69) is 158 Å². The van der Waals surface area contributed by atoms with Crippen LogP contribution < -0.4 is 26.3 Å². The molecule has 0 saturated heterocycles. The molecule has 0 radical (unpaired) electrons. The molecule has 0 aromatic heterocycles. The molecule has 0 saturated carbocycles. The number of unbranched alkanes of at least 4 members (excludes halogenated alkanes) is 1. The van der Waals surface area contributed by atoms with Gasteiger partial charge >= 0.3 is 14.2 Å². The van der Waals surface area contributed by atoms with Crippen LogP contribution in [0.1, 0.15) is 80.3 Å². The number of Topliss-reactive ketones (excluding diaryl/α,β-unsaturated/α-hetero) is 1. The van der Waals surface area contributed by atoms with E-state index in [-0.39, 0.29) is 19.1 Å². The van der Waals surface area contributed by atoms with Gasteiger partial charge in [-0.05, 0) is 157 Å². The number of rotatable bonds is 23. The third kappa shape index (κ3) is 13.5. The number of carbonyl (C=O) groups excluding carboxylic acids is 2. The Morgan fingerprint density at radius 2 is 1.22 bits per heavy atom. The Bertz CT molecular complexity index is 3430. The summed E-state index contributed by atoms with van der Waals surface area (Å²) in [4.78, 5) is 32.3. The van der Waals surface area contributed by atoms with Crippen LogP contribution >= 0.6 is 0 Å². The van der Waals surface area contributed by atoms with Gasteiger partial charge in [0.25, 0.3) is 0 Å². The van der Waals surface area contributed by atoms with Gasteiger partial charge in [-0.15, -0.1) is 0 Å². The van der Waals surface area contributed by atoms with E-state index in [1.54, 1.807) is 26.0 Å². The molecule has 410 valence electrons. The number of ketones is 1. The lowest BCUT2D eigenvalue weighted by Gasteiger charge is -2.38. The zero-order chi connectivity index (χ0) is 56.0. The fraction of sp³-hybridized carbons (Fsp3) is 0.308. The number of hydrogen-bond acceptors (Lipinski definition) is 9. The predicted molar refractivity (Wildman–Crippen MR) is 333 cm³/mol. The molecular weight excluding hydrogens is 996 g/mol.